The molecule has 33 heavy (non-hydrogen) atoms. The van der Waals surface area contributed by atoms with Crippen LogP contribution in [-0.2, 0) is 16.1 Å². The second-order valence-corrected chi connectivity index (χ2v) is 8.58. The minimum atomic E-state index is -0.633. The lowest BCUT2D eigenvalue weighted by Gasteiger charge is -2.37. The van der Waals surface area contributed by atoms with Crippen LogP contribution in [0.1, 0.15) is 51.7 Å². The molecule has 1 amide bonds. The number of hydrogen-bond donors (Lipinski definition) is 2. The number of nitrogens with one attached hydrogen (secondary N) is 1. The number of amides is 1. The summed E-state index contributed by atoms with van der Waals surface area (Å²) in [6.07, 6.45) is 2.06. The van der Waals surface area contributed by atoms with Crippen molar-refractivity contribution in [2.75, 3.05) is 36.8 Å². The van der Waals surface area contributed by atoms with Crippen LogP contribution in [0.15, 0.2) is 39.9 Å². The van der Waals surface area contributed by atoms with Crippen molar-refractivity contribution in [3.05, 3.63) is 56.7 Å². The van der Waals surface area contributed by atoms with Gasteiger partial charge in [0.1, 0.15) is 5.82 Å². The van der Waals surface area contributed by atoms with E-state index in [0.717, 1.165) is 12.0 Å². The van der Waals surface area contributed by atoms with Crippen molar-refractivity contribution >= 4 is 17.4 Å². The number of benzene rings is 1. The summed E-state index contributed by atoms with van der Waals surface area (Å²) in [5, 5.41) is 0. The third kappa shape index (κ3) is 5.91. The van der Waals surface area contributed by atoms with Gasteiger partial charge in [-0.25, -0.2) is 4.79 Å². The normalized spacial score (nSPS) is 18.9. The van der Waals surface area contributed by atoms with E-state index in [2.05, 4.69) is 9.88 Å². The number of nitrogen functional groups attached to an aromatic ring is 1. The molecule has 1 aromatic carbocycles. The molecular formula is C24H35N5O4. The highest BCUT2D eigenvalue weighted by Crippen LogP contribution is 2.25. The standard InChI is InChI=1S/C24H35N5O4/c1-4-6-13-28(21-22(25)29(12-5-2)24(32)26-23(21)31)20(30)16-27-14-17(3)33-19(15-27)18-10-8-7-9-11-18/h7-11,17,19H,4-6,12-16,25H2,1-3H3,(H,26,31,32). The molecule has 0 radical (unpaired) electrons. The van der Waals surface area contributed by atoms with E-state index in [1.54, 1.807) is 0 Å². The zero-order valence-electron chi connectivity index (χ0n) is 19.8. The van der Waals surface area contributed by atoms with Gasteiger partial charge in [-0.2, -0.15) is 0 Å². The zero-order valence-corrected chi connectivity index (χ0v) is 19.8. The van der Waals surface area contributed by atoms with Gasteiger partial charge in [-0.1, -0.05) is 50.6 Å². The summed E-state index contributed by atoms with van der Waals surface area (Å²) in [5.41, 5.74) is 6.19. The second kappa shape index (κ2) is 11.3. The molecule has 1 aromatic heterocycles. The Morgan fingerprint density at radius 3 is 2.58 bits per heavy atom. The number of hydrogen-bond acceptors (Lipinski definition) is 6. The lowest BCUT2D eigenvalue weighted by molar-refractivity contribution is -0.124. The maximum Gasteiger partial charge on any atom is 0.330 e. The smallest absolute Gasteiger partial charge is 0.330 e. The Bertz CT molecular complexity index is 1050. The average molecular weight is 458 g/mol. The van der Waals surface area contributed by atoms with Gasteiger partial charge in [-0.05, 0) is 25.3 Å². The lowest BCUT2D eigenvalue weighted by atomic mass is 10.1. The molecule has 1 fully saturated rings. The van der Waals surface area contributed by atoms with E-state index in [0.29, 0.717) is 39.0 Å². The highest BCUT2D eigenvalue weighted by molar-refractivity contribution is 5.96. The number of anilines is 2. The van der Waals surface area contributed by atoms with Crippen LogP contribution in [-0.4, -0.2) is 52.6 Å². The van der Waals surface area contributed by atoms with Crippen LogP contribution >= 0.6 is 0 Å². The van der Waals surface area contributed by atoms with Crippen LogP contribution in [0.3, 0.4) is 0 Å². The van der Waals surface area contributed by atoms with Gasteiger partial charge >= 0.3 is 5.69 Å². The van der Waals surface area contributed by atoms with E-state index in [1.807, 2.05) is 51.1 Å². The molecule has 3 rings (SSSR count). The van der Waals surface area contributed by atoms with E-state index in [9.17, 15) is 14.4 Å². The molecule has 3 N–H and O–H groups in total. The summed E-state index contributed by atoms with van der Waals surface area (Å²) in [5.74, 6) is -0.184. The van der Waals surface area contributed by atoms with Gasteiger partial charge in [-0.3, -0.25) is 24.0 Å². The van der Waals surface area contributed by atoms with Crippen molar-refractivity contribution in [2.45, 2.75) is 58.8 Å². The molecule has 0 saturated carbocycles. The molecule has 2 atom stereocenters. The van der Waals surface area contributed by atoms with Gasteiger partial charge in [-0.15, -0.1) is 0 Å². The van der Waals surface area contributed by atoms with Crippen molar-refractivity contribution in [1.29, 1.82) is 0 Å². The number of ether oxygens (including phenoxy) is 1. The molecule has 9 heteroatoms. The molecule has 0 bridgehead atoms. The first-order valence-electron chi connectivity index (χ1n) is 11.7. The first kappa shape index (κ1) is 24.7. The maximum atomic E-state index is 13.5. The first-order chi connectivity index (χ1) is 15.8. The quantitative estimate of drug-likeness (QED) is 0.596. The molecule has 1 saturated heterocycles. The third-order valence-corrected chi connectivity index (χ3v) is 5.83. The molecule has 2 unspecified atom stereocenters. The number of morpholine rings is 1. The fraction of sp³-hybridized carbons (Fsp3) is 0.542. The first-order valence-corrected chi connectivity index (χ1v) is 11.7. The Morgan fingerprint density at radius 2 is 1.91 bits per heavy atom. The number of H-pyrrole nitrogens is 1. The fourth-order valence-corrected chi connectivity index (χ4v) is 4.26. The van der Waals surface area contributed by atoms with Crippen molar-refractivity contribution in [3.63, 3.8) is 0 Å². The Labute approximate surface area is 194 Å². The number of aromatic nitrogens is 2. The number of nitrogens with two attached hydrogens (primary N) is 1. The molecular weight excluding hydrogens is 422 g/mol. The molecule has 1 aliphatic rings. The maximum absolute atomic E-state index is 13.5. The summed E-state index contributed by atoms with van der Waals surface area (Å²) in [4.78, 5) is 44.3. The monoisotopic (exact) mass is 457 g/mol. The summed E-state index contributed by atoms with van der Waals surface area (Å²) in [7, 11) is 0. The SMILES string of the molecule is CCCCN(C(=O)CN1CC(C)OC(c2ccccc2)C1)c1c(N)n(CCC)c(=O)[nH]c1=O. The van der Waals surface area contributed by atoms with Crippen LogP contribution < -0.4 is 21.9 Å². The van der Waals surface area contributed by atoms with Crippen molar-refractivity contribution in [1.82, 2.24) is 14.5 Å². The molecule has 2 aromatic rings. The highest BCUT2D eigenvalue weighted by Gasteiger charge is 2.30. The minimum absolute atomic E-state index is 0.0348. The topological polar surface area (TPSA) is 114 Å². The molecule has 0 spiro atoms. The highest BCUT2D eigenvalue weighted by atomic mass is 16.5. The summed E-state index contributed by atoms with van der Waals surface area (Å²) in [6, 6.07) is 9.95. The number of carbonyl (C=O) groups is 1. The van der Waals surface area contributed by atoms with Gasteiger partial charge in [0.2, 0.25) is 5.91 Å². The fourth-order valence-electron chi connectivity index (χ4n) is 4.26. The molecule has 0 aliphatic carbocycles. The molecule has 1 aliphatic heterocycles. The summed E-state index contributed by atoms with van der Waals surface area (Å²) < 4.78 is 7.43. The predicted molar refractivity (Wildman–Crippen MR) is 129 cm³/mol. The van der Waals surface area contributed by atoms with E-state index in [1.165, 1.54) is 9.47 Å². The predicted octanol–water partition coefficient (Wildman–Crippen LogP) is 2.12. The number of nitrogens with zero attached hydrogens (tertiary/aromatic N) is 3. The van der Waals surface area contributed by atoms with Crippen LogP contribution in [0.25, 0.3) is 0 Å². The zero-order chi connectivity index (χ0) is 24.0. The number of carbonyl (C=O) groups excluding carboxylic acids is 1. The van der Waals surface area contributed by atoms with Gasteiger partial charge in [0, 0.05) is 26.2 Å². The summed E-state index contributed by atoms with van der Waals surface area (Å²) >= 11 is 0. The van der Waals surface area contributed by atoms with Gasteiger partial charge in [0.05, 0.1) is 18.8 Å². The number of aromatic amines is 1. The van der Waals surface area contributed by atoms with Crippen LogP contribution in [0.5, 0.6) is 0 Å². The Morgan fingerprint density at radius 1 is 1.18 bits per heavy atom. The van der Waals surface area contributed by atoms with Crippen LogP contribution in [0.2, 0.25) is 0 Å². The number of unbranched alkanes of at least 4 members (excludes halogenated alkanes) is 1. The van der Waals surface area contributed by atoms with Crippen LogP contribution in [0.4, 0.5) is 11.5 Å². The lowest BCUT2D eigenvalue weighted by Crippen LogP contribution is -2.50. The number of rotatable bonds is 9. The second-order valence-electron chi connectivity index (χ2n) is 8.58. The van der Waals surface area contributed by atoms with Gasteiger partial charge in [0.25, 0.3) is 5.56 Å². The molecule has 9 nitrogen and oxygen atoms in total. The van der Waals surface area contributed by atoms with Crippen molar-refractivity contribution < 1.29 is 9.53 Å². The van der Waals surface area contributed by atoms with Gasteiger partial charge < -0.3 is 15.4 Å². The Kier molecular flexibility index (Phi) is 8.46. The Balaban J connectivity index is 1.86. The van der Waals surface area contributed by atoms with Gasteiger partial charge in [0.15, 0.2) is 5.69 Å². The molecule has 180 valence electrons. The van der Waals surface area contributed by atoms with E-state index in [4.69, 9.17) is 10.5 Å². The van der Waals surface area contributed by atoms with E-state index in [-0.39, 0.29) is 36.2 Å². The third-order valence-electron chi connectivity index (χ3n) is 5.83. The Hall–Kier alpha value is -2.91. The largest absolute Gasteiger partial charge is 0.383 e. The van der Waals surface area contributed by atoms with Crippen molar-refractivity contribution in [2.24, 2.45) is 0 Å². The minimum Gasteiger partial charge on any atom is -0.383 e. The van der Waals surface area contributed by atoms with Crippen LogP contribution in [0, 0.1) is 0 Å². The van der Waals surface area contributed by atoms with E-state index >= 15 is 0 Å². The van der Waals surface area contributed by atoms with Crippen molar-refractivity contribution in [3.8, 4) is 0 Å². The summed E-state index contributed by atoms with van der Waals surface area (Å²) in [6.45, 7) is 7.96. The average Bonchev–Trinajstić information content (AvgIpc) is 2.78. The van der Waals surface area contributed by atoms with E-state index < -0.39 is 11.2 Å². The molecule has 2 heterocycles.